The van der Waals surface area contributed by atoms with Gasteiger partial charge in [-0.15, -0.1) is 0 Å². The molecule has 0 bridgehead atoms. The lowest BCUT2D eigenvalue weighted by molar-refractivity contribution is 0.279. The van der Waals surface area contributed by atoms with Gasteiger partial charge in [-0.05, 0) is 88.4 Å². The lowest BCUT2D eigenvalue weighted by Gasteiger charge is -2.29. The Balaban J connectivity index is 1.86. The molecule has 3 heteroatoms. The lowest BCUT2D eigenvalue weighted by atomic mass is 9.91. The Morgan fingerprint density at radius 1 is 1.16 bits per heavy atom. The predicted molar refractivity (Wildman–Crippen MR) is 168 cm³/mol. The number of likely N-dealkylation sites (N-methyl/N-ethyl adjacent to an activating group) is 1. The van der Waals surface area contributed by atoms with Crippen LogP contribution < -0.4 is 0 Å². The van der Waals surface area contributed by atoms with Gasteiger partial charge in [-0.3, -0.25) is 9.89 Å². The van der Waals surface area contributed by atoms with Crippen molar-refractivity contribution in [2.24, 2.45) is 10.9 Å². The van der Waals surface area contributed by atoms with E-state index in [1.54, 1.807) is 0 Å². The number of allylic oxidation sites excluding steroid dienone is 6. The number of H-pyrrole nitrogens is 1. The van der Waals surface area contributed by atoms with Crippen molar-refractivity contribution < 1.29 is 0 Å². The highest BCUT2D eigenvalue weighted by Crippen LogP contribution is 2.37. The molecule has 0 amide bonds. The molecule has 0 saturated heterocycles. The molecule has 1 aromatic heterocycles. The van der Waals surface area contributed by atoms with Crippen LogP contribution in [0.15, 0.2) is 83.4 Å². The van der Waals surface area contributed by atoms with Crippen LogP contribution in [-0.4, -0.2) is 35.7 Å². The molecule has 1 N–H and O–H groups in total. The number of hydrogen-bond donors (Lipinski definition) is 1. The molecule has 2 aromatic carbocycles. The molecule has 0 aliphatic carbocycles. The fraction of sp³-hybridized carbons (Fsp3) is 0.400. The van der Waals surface area contributed by atoms with E-state index in [9.17, 15) is 0 Å². The molecular weight excluding hydrogens is 462 g/mol. The zero-order valence-electron chi connectivity index (χ0n) is 24.2. The smallest absolute Gasteiger partial charge is 0.0544 e. The Kier molecular flexibility index (Phi) is 9.58. The third kappa shape index (κ3) is 6.63. The topological polar surface area (TPSA) is 31.4 Å². The van der Waals surface area contributed by atoms with Gasteiger partial charge in [-0.2, -0.15) is 0 Å². The van der Waals surface area contributed by atoms with Crippen LogP contribution in [0.4, 0.5) is 0 Å². The van der Waals surface area contributed by atoms with Crippen LogP contribution in [0.5, 0.6) is 0 Å². The summed E-state index contributed by atoms with van der Waals surface area (Å²) in [5, 5.41) is 2.61. The van der Waals surface area contributed by atoms with Crippen molar-refractivity contribution in [1.82, 2.24) is 9.88 Å². The second kappa shape index (κ2) is 13.1. The van der Waals surface area contributed by atoms with Crippen LogP contribution in [0, 0.1) is 5.92 Å². The highest BCUT2D eigenvalue weighted by molar-refractivity contribution is 6.11. The van der Waals surface area contributed by atoms with Gasteiger partial charge in [0.05, 0.1) is 11.6 Å². The number of aromatic nitrogens is 1. The lowest BCUT2D eigenvalue weighted by Crippen LogP contribution is -2.26. The van der Waals surface area contributed by atoms with E-state index < -0.39 is 0 Å². The first kappa shape index (κ1) is 27.9. The maximum Gasteiger partial charge on any atom is 0.0544 e. The normalized spacial score (nSPS) is 18.8. The first-order chi connectivity index (χ1) is 18.4. The highest BCUT2D eigenvalue weighted by Gasteiger charge is 2.20. The molecule has 38 heavy (non-hydrogen) atoms. The van der Waals surface area contributed by atoms with Gasteiger partial charge in [0.2, 0.25) is 0 Å². The summed E-state index contributed by atoms with van der Waals surface area (Å²) >= 11 is 0. The second-order valence-corrected chi connectivity index (χ2v) is 10.9. The van der Waals surface area contributed by atoms with Gasteiger partial charge >= 0.3 is 0 Å². The van der Waals surface area contributed by atoms with Crippen LogP contribution >= 0.6 is 0 Å². The maximum absolute atomic E-state index is 4.49. The monoisotopic (exact) mass is 507 g/mol. The number of hydrogen-bond acceptors (Lipinski definition) is 2. The van der Waals surface area contributed by atoms with Crippen LogP contribution in [0.1, 0.15) is 77.5 Å². The predicted octanol–water partition coefficient (Wildman–Crippen LogP) is 9.45. The molecule has 0 fully saturated rings. The molecule has 0 radical (unpaired) electrons. The number of aliphatic imine (C=N–C) groups is 1. The Morgan fingerprint density at radius 2 is 1.97 bits per heavy atom. The standard InChI is InChI=1S/C35H45N3/c1-7-25(3)19-20-28(22-26(4)14-13-15-27(5)36-8-2)31-23-29(34-18-11-12-21-38(34)6)24-32-30-16-9-10-17-33(30)37-35(31)32/h9-11,13,15-18,20,22-25,34,37H,7-8,12,14,19,21H2,1-6H3/b15-13-,26-22+,28-20+,36-27?. The molecule has 2 heterocycles. The summed E-state index contributed by atoms with van der Waals surface area (Å²) in [6, 6.07) is 13.9. The first-order valence-corrected chi connectivity index (χ1v) is 14.4. The molecule has 2 unspecified atom stereocenters. The van der Waals surface area contributed by atoms with E-state index in [2.05, 4.69) is 129 Å². The quantitative estimate of drug-likeness (QED) is 0.165. The Bertz CT molecular complexity index is 1400. The number of fused-ring (bicyclic) bond motifs is 3. The molecule has 1 aliphatic rings. The number of para-hydroxylation sites is 1. The van der Waals surface area contributed by atoms with Gasteiger partial charge in [-0.1, -0.05) is 74.4 Å². The summed E-state index contributed by atoms with van der Waals surface area (Å²) < 4.78 is 0. The largest absolute Gasteiger partial charge is 0.354 e. The minimum atomic E-state index is 0.296. The van der Waals surface area contributed by atoms with Crippen molar-refractivity contribution in [2.45, 2.75) is 66.3 Å². The Morgan fingerprint density at radius 3 is 2.74 bits per heavy atom. The van der Waals surface area contributed by atoms with Gasteiger partial charge in [-0.25, -0.2) is 0 Å². The zero-order chi connectivity index (χ0) is 27.1. The molecule has 3 nitrogen and oxygen atoms in total. The molecule has 0 spiro atoms. The van der Waals surface area contributed by atoms with Gasteiger partial charge in [0.15, 0.2) is 0 Å². The third-order valence-electron chi connectivity index (χ3n) is 7.78. The summed E-state index contributed by atoms with van der Waals surface area (Å²) in [4.78, 5) is 10.7. The SMILES string of the molecule is CCN=C(C)/C=C\C/C(C)=C/C(=C\CC(C)CC)c1cc(C2C=CCCN2C)cc2c1[nH]c1ccccc12. The Labute approximate surface area is 229 Å². The van der Waals surface area contributed by atoms with Crippen LogP contribution in [-0.2, 0) is 0 Å². The molecular formula is C35H45N3. The van der Waals surface area contributed by atoms with Gasteiger partial charge in [0.1, 0.15) is 0 Å². The third-order valence-corrected chi connectivity index (χ3v) is 7.78. The van der Waals surface area contributed by atoms with Crippen molar-refractivity contribution in [3.05, 3.63) is 89.6 Å². The minimum Gasteiger partial charge on any atom is -0.354 e. The van der Waals surface area contributed by atoms with E-state index in [-0.39, 0.29) is 0 Å². The fourth-order valence-electron chi connectivity index (χ4n) is 5.31. The molecule has 1 aliphatic heterocycles. The van der Waals surface area contributed by atoms with Crippen molar-refractivity contribution in [2.75, 3.05) is 20.1 Å². The Hall–Kier alpha value is -3.17. The average Bonchev–Trinajstić information content (AvgIpc) is 3.29. The van der Waals surface area contributed by atoms with E-state index in [4.69, 9.17) is 0 Å². The van der Waals surface area contributed by atoms with Crippen molar-refractivity contribution >= 4 is 33.1 Å². The summed E-state index contributed by atoms with van der Waals surface area (Å²) in [5.74, 6) is 0.653. The molecule has 3 aromatic rings. The van der Waals surface area contributed by atoms with Crippen molar-refractivity contribution in [3.63, 3.8) is 0 Å². The number of nitrogens with zero attached hydrogens (tertiary/aromatic N) is 2. The average molecular weight is 508 g/mol. The van der Waals surface area contributed by atoms with Crippen LogP contribution in [0.2, 0.25) is 0 Å². The molecule has 0 saturated carbocycles. The highest BCUT2D eigenvalue weighted by atomic mass is 15.1. The maximum atomic E-state index is 4.49. The van der Waals surface area contributed by atoms with Crippen molar-refractivity contribution in [1.29, 1.82) is 0 Å². The number of rotatable bonds is 10. The molecule has 4 rings (SSSR count). The van der Waals surface area contributed by atoms with Crippen LogP contribution in [0.3, 0.4) is 0 Å². The van der Waals surface area contributed by atoms with Crippen LogP contribution in [0.25, 0.3) is 27.4 Å². The number of aromatic amines is 1. The second-order valence-electron chi connectivity index (χ2n) is 10.9. The van der Waals surface area contributed by atoms with Gasteiger partial charge in [0, 0.05) is 40.7 Å². The van der Waals surface area contributed by atoms with E-state index in [0.29, 0.717) is 12.0 Å². The van der Waals surface area contributed by atoms with Crippen molar-refractivity contribution in [3.8, 4) is 0 Å². The summed E-state index contributed by atoms with van der Waals surface area (Å²) in [7, 11) is 2.24. The van der Waals surface area contributed by atoms with E-state index in [1.807, 2.05) is 0 Å². The zero-order valence-corrected chi connectivity index (χ0v) is 24.2. The minimum absolute atomic E-state index is 0.296. The molecule has 200 valence electrons. The van der Waals surface area contributed by atoms with E-state index in [1.165, 1.54) is 50.5 Å². The fourth-order valence-corrected chi connectivity index (χ4v) is 5.31. The first-order valence-electron chi connectivity index (χ1n) is 14.4. The van der Waals surface area contributed by atoms with E-state index >= 15 is 0 Å². The number of benzene rings is 2. The summed E-state index contributed by atoms with van der Waals surface area (Å²) in [6.45, 7) is 13.0. The van der Waals surface area contributed by atoms with Gasteiger partial charge in [0.25, 0.3) is 0 Å². The summed E-state index contributed by atoms with van der Waals surface area (Å²) in [6.07, 6.45) is 18.3. The van der Waals surface area contributed by atoms with E-state index in [0.717, 1.165) is 38.1 Å². The number of nitrogens with one attached hydrogen (secondary N) is 1. The van der Waals surface area contributed by atoms with Gasteiger partial charge < -0.3 is 4.98 Å². The molecule has 2 atom stereocenters. The summed E-state index contributed by atoms with van der Waals surface area (Å²) in [5.41, 5.74) is 8.85.